The molecule has 0 saturated carbocycles. The normalized spacial score (nSPS) is 13.5. The van der Waals surface area contributed by atoms with Gasteiger partial charge in [-0.3, -0.25) is 9.36 Å². The van der Waals surface area contributed by atoms with Crippen LogP contribution in [0.25, 0.3) is 0 Å². The second-order valence-corrected chi connectivity index (χ2v) is 4.95. The van der Waals surface area contributed by atoms with Crippen molar-refractivity contribution in [1.82, 2.24) is 24.3 Å². The summed E-state index contributed by atoms with van der Waals surface area (Å²) in [5.41, 5.74) is -0.250. The highest BCUT2D eigenvalue weighted by atomic mass is 16.5. The second kappa shape index (κ2) is 5.96. The van der Waals surface area contributed by atoms with Crippen LogP contribution in [0.3, 0.4) is 0 Å². The SMILES string of the molecule is COc1cncnc1NC(=O)Cn1nc2n(c1=O)CCCC2. The van der Waals surface area contributed by atoms with Crippen molar-refractivity contribution in [1.29, 1.82) is 0 Å². The summed E-state index contributed by atoms with van der Waals surface area (Å²) >= 11 is 0. The van der Waals surface area contributed by atoms with Gasteiger partial charge in [-0.05, 0) is 12.8 Å². The molecule has 2 aromatic heterocycles. The molecule has 0 radical (unpaired) electrons. The third kappa shape index (κ3) is 2.69. The average molecular weight is 304 g/mol. The number of amides is 1. The number of aromatic nitrogens is 5. The molecule has 0 atom stereocenters. The monoisotopic (exact) mass is 304 g/mol. The van der Waals surface area contributed by atoms with Crippen LogP contribution in [0.4, 0.5) is 5.82 Å². The molecule has 9 nitrogen and oxygen atoms in total. The Morgan fingerprint density at radius 1 is 1.45 bits per heavy atom. The van der Waals surface area contributed by atoms with Crippen LogP contribution in [-0.2, 0) is 24.3 Å². The van der Waals surface area contributed by atoms with E-state index < -0.39 is 5.91 Å². The van der Waals surface area contributed by atoms with Crippen molar-refractivity contribution in [2.24, 2.45) is 0 Å². The van der Waals surface area contributed by atoms with E-state index in [1.165, 1.54) is 24.3 Å². The molecule has 1 aliphatic rings. The fraction of sp³-hybridized carbons (Fsp3) is 0.462. The van der Waals surface area contributed by atoms with Crippen LogP contribution in [-0.4, -0.2) is 37.3 Å². The first-order valence-electron chi connectivity index (χ1n) is 6.99. The zero-order valence-corrected chi connectivity index (χ0v) is 12.2. The minimum atomic E-state index is -0.394. The van der Waals surface area contributed by atoms with E-state index in [4.69, 9.17) is 4.74 Å². The van der Waals surface area contributed by atoms with E-state index in [1.807, 2.05) is 0 Å². The Hall–Kier alpha value is -2.71. The second-order valence-electron chi connectivity index (χ2n) is 4.95. The van der Waals surface area contributed by atoms with Gasteiger partial charge >= 0.3 is 5.69 Å². The maximum atomic E-state index is 12.2. The summed E-state index contributed by atoms with van der Waals surface area (Å²) in [7, 11) is 1.46. The molecule has 0 bridgehead atoms. The lowest BCUT2D eigenvalue weighted by atomic mass is 10.2. The van der Waals surface area contributed by atoms with E-state index in [-0.39, 0.29) is 18.1 Å². The van der Waals surface area contributed by atoms with E-state index >= 15 is 0 Å². The fourth-order valence-electron chi connectivity index (χ4n) is 2.42. The Kier molecular flexibility index (Phi) is 3.86. The molecule has 0 aliphatic carbocycles. The standard InChI is InChI=1S/C13H16N6O3/c1-22-9-6-14-8-15-12(9)16-11(20)7-19-13(21)18-5-3-2-4-10(18)17-19/h6,8H,2-5,7H2,1H3,(H,14,15,16,20). The lowest BCUT2D eigenvalue weighted by molar-refractivity contribution is -0.117. The van der Waals surface area contributed by atoms with E-state index in [0.717, 1.165) is 25.1 Å². The van der Waals surface area contributed by atoms with Crippen LogP contribution in [0.15, 0.2) is 17.3 Å². The highest BCUT2D eigenvalue weighted by Crippen LogP contribution is 2.18. The Labute approximate surface area is 125 Å². The Bertz CT molecular complexity index is 750. The number of nitrogens with one attached hydrogen (secondary N) is 1. The smallest absolute Gasteiger partial charge is 0.346 e. The Balaban J connectivity index is 1.75. The minimum Gasteiger partial charge on any atom is -0.491 e. The van der Waals surface area contributed by atoms with Gasteiger partial charge in [-0.25, -0.2) is 19.4 Å². The number of anilines is 1. The van der Waals surface area contributed by atoms with Crippen LogP contribution in [0.2, 0.25) is 0 Å². The highest BCUT2D eigenvalue weighted by Gasteiger charge is 2.18. The molecule has 0 saturated heterocycles. The van der Waals surface area contributed by atoms with E-state index in [1.54, 1.807) is 4.57 Å². The van der Waals surface area contributed by atoms with Crippen molar-refractivity contribution >= 4 is 11.7 Å². The number of nitrogens with zero attached hydrogens (tertiary/aromatic N) is 5. The van der Waals surface area contributed by atoms with Crippen molar-refractivity contribution in [3.63, 3.8) is 0 Å². The summed E-state index contributed by atoms with van der Waals surface area (Å²) in [6.45, 7) is 0.501. The van der Waals surface area contributed by atoms with Crippen molar-refractivity contribution in [2.45, 2.75) is 32.4 Å². The maximum absolute atomic E-state index is 12.2. The lowest BCUT2D eigenvalue weighted by Gasteiger charge is -2.09. The van der Waals surface area contributed by atoms with Crippen molar-refractivity contribution in [3.8, 4) is 5.75 Å². The first kappa shape index (κ1) is 14.2. The zero-order chi connectivity index (χ0) is 15.5. The molecule has 1 amide bonds. The van der Waals surface area contributed by atoms with Crippen LogP contribution >= 0.6 is 0 Å². The molecule has 116 valence electrons. The van der Waals surface area contributed by atoms with Crippen molar-refractivity contribution < 1.29 is 9.53 Å². The van der Waals surface area contributed by atoms with Gasteiger partial charge in [0.2, 0.25) is 5.91 Å². The molecule has 0 fully saturated rings. The maximum Gasteiger partial charge on any atom is 0.346 e. The van der Waals surface area contributed by atoms with Crippen molar-refractivity contribution in [2.75, 3.05) is 12.4 Å². The number of ether oxygens (including phenoxy) is 1. The van der Waals surface area contributed by atoms with Crippen LogP contribution in [0, 0.1) is 0 Å². The number of carbonyl (C=O) groups is 1. The number of hydrogen-bond donors (Lipinski definition) is 1. The summed E-state index contributed by atoms with van der Waals surface area (Å²) < 4.78 is 7.87. The number of fused-ring (bicyclic) bond motifs is 1. The number of hydrogen-bond acceptors (Lipinski definition) is 6. The largest absolute Gasteiger partial charge is 0.491 e. The molecule has 9 heteroatoms. The molecule has 1 N–H and O–H groups in total. The predicted molar refractivity (Wildman–Crippen MR) is 76.6 cm³/mol. The van der Waals surface area contributed by atoms with Gasteiger partial charge in [0.1, 0.15) is 18.7 Å². The molecule has 0 unspecified atom stereocenters. The fourth-order valence-corrected chi connectivity index (χ4v) is 2.42. The average Bonchev–Trinajstić information content (AvgIpc) is 2.84. The third-order valence-corrected chi connectivity index (χ3v) is 3.48. The van der Waals surface area contributed by atoms with Gasteiger partial charge in [0, 0.05) is 13.0 Å². The van der Waals surface area contributed by atoms with Gasteiger partial charge in [0.05, 0.1) is 13.3 Å². The van der Waals surface area contributed by atoms with E-state index in [0.29, 0.717) is 12.3 Å². The number of aryl methyl sites for hydroxylation is 1. The number of rotatable bonds is 4. The molecular formula is C13H16N6O3. The molecular weight excluding hydrogens is 288 g/mol. The van der Waals surface area contributed by atoms with Gasteiger partial charge < -0.3 is 10.1 Å². The summed E-state index contributed by atoms with van der Waals surface area (Å²) in [6, 6.07) is 0. The van der Waals surface area contributed by atoms with Gasteiger partial charge in [-0.15, -0.1) is 0 Å². The topological polar surface area (TPSA) is 104 Å². The first-order chi connectivity index (χ1) is 10.7. The lowest BCUT2D eigenvalue weighted by Crippen LogP contribution is -2.31. The number of methoxy groups -OCH3 is 1. The number of carbonyl (C=O) groups excluding carboxylic acids is 1. The van der Waals surface area contributed by atoms with Gasteiger partial charge in [0.15, 0.2) is 11.6 Å². The van der Waals surface area contributed by atoms with Crippen molar-refractivity contribution in [3.05, 3.63) is 28.8 Å². The molecule has 3 heterocycles. The minimum absolute atomic E-state index is 0.161. The van der Waals surface area contributed by atoms with Crippen LogP contribution in [0.5, 0.6) is 5.75 Å². The molecule has 2 aromatic rings. The first-order valence-corrected chi connectivity index (χ1v) is 6.99. The van der Waals surface area contributed by atoms with Crippen LogP contribution < -0.4 is 15.7 Å². The molecule has 0 spiro atoms. The molecule has 1 aliphatic heterocycles. The summed E-state index contributed by atoms with van der Waals surface area (Å²) in [5, 5.41) is 6.81. The summed E-state index contributed by atoms with van der Waals surface area (Å²) in [6.07, 6.45) is 5.50. The van der Waals surface area contributed by atoms with E-state index in [9.17, 15) is 9.59 Å². The molecule has 0 aromatic carbocycles. The summed E-state index contributed by atoms with van der Waals surface area (Å²) in [4.78, 5) is 32.0. The zero-order valence-electron chi connectivity index (χ0n) is 12.2. The van der Waals surface area contributed by atoms with Gasteiger partial charge in [-0.2, -0.15) is 5.10 Å². The van der Waals surface area contributed by atoms with Gasteiger partial charge in [-0.1, -0.05) is 0 Å². The van der Waals surface area contributed by atoms with Gasteiger partial charge in [0.25, 0.3) is 0 Å². The van der Waals surface area contributed by atoms with E-state index in [2.05, 4.69) is 20.4 Å². The molecule has 3 rings (SSSR count). The highest BCUT2D eigenvalue weighted by molar-refractivity contribution is 5.90. The van der Waals surface area contributed by atoms with Crippen LogP contribution in [0.1, 0.15) is 18.7 Å². The quantitative estimate of drug-likeness (QED) is 0.840. The Morgan fingerprint density at radius 3 is 3.09 bits per heavy atom. The predicted octanol–water partition coefficient (Wildman–Crippen LogP) is -0.182. The molecule has 22 heavy (non-hydrogen) atoms. The Morgan fingerprint density at radius 2 is 2.32 bits per heavy atom. The third-order valence-electron chi connectivity index (χ3n) is 3.48. The summed E-state index contributed by atoms with van der Waals surface area (Å²) in [5.74, 6) is 0.963.